The van der Waals surface area contributed by atoms with Crippen molar-refractivity contribution in [2.75, 3.05) is 11.9 Å². The molecule has 1 fully saturated rings. The van der Waals surface area contributed by atoms with E-state index in [9.17, 15) is 9.90 Å². The van der Waals surface area contributed by atoms with E-state index in [-0.39, 0.29) is 0 Å². The zero-order valence-electron chi connectivity index (χ0n) is 10.7. The van der Waals surface area contributed by atoms with Gasteiger partial charge in [0.25, 0.3) is 0 Å². The molecule has 0 amide bonds. The highest BCUT2D eigenvalue weighted by Crippen LogP contribution is 2.36. The van der Waals surface area contributed by atoms with Gasteiger partial charge in [-0.3, -0.25) is 4.79 Å². The lowest BCUT2D eigenvalue weighted by molar-refractivity contribution is -0.150. The number of nitrogens with zero attached hydrogens (tertiary/aromatic N) is 2. The van der Waals surface area contributed by atoms with Gasteiger partial charge in [-0.05, 0) is 25.0 Å². The molecule has 1 heterocycles. The predicted octanol–water partition coefficient (Wildman–Crippen LogP) is 2.40. The summed E-state index contributed by atoms with van der Waals surface area (Å²) in [5.41, 5.74) is -0.176. The van der Waals surface area contributed by atoms with E-state index in [2.05, 4.69) is 10.3 Å². The number of pyridine rings is 1. The van der Waals surface area contributed by atoms with Crippen molar-refractivity contribution in [2.45, 2.75) is 32.1 Å². The van der Waals surface area contributed by atoms with E-state index < -0.39 is 11.4 Å². The lowest BCUT2D eigenvalue weighted by Crippen LogP contribution is -2.39. The van der Waals surface area contributed by atoms with Gasteiger partial charge in [0, 0.05) is 12.7 Å². The van der Waals surface area contributed by atoms with Gasteiger partial charge >= 0.3 is 5.97 Å². The smallest absolute Gasteiger partial charge is 0.311 e. The first-order valence-electron chi connectivity index (χ1n) is 6.50. The van der Waals surface area contributed by atoms with Gasteiger partial charge < -0.3 is 10.4 Å². The maximum absolute atomic E-state index is 11.5. The summed E-state index contributed by atoms with van der Waals surface area (Å²) in [6.07, 6.45) is 5.96. The Labute approximate surface area is 112 Å². The highest BCUT2D eigenvalue weighted by atomic mass is 16.4. The first-order chi connectivity index (χ1) is 9.16. The summed E-state index contributed by atoms with van der Waals surface area (Å²) in [5, 5.41) is 21.2. The molecule has 2 N–H and O–H groups in total. The number of rotatable bonds is 4. The summed E-state index contributed by atoms with van der Waals surface area (Å²) in [4.78, 5) is 15.6. The van der Waals surface area contributed by atoms with E-state index in [1.807, 2.05) is 6.07 Å². The van der Waals surface area contributed by atoms with E-state index in [0.29, 0.717) is 30.8 Å². The van der Waals surface area contributed by atoms with E-state index in [4.69, 9.17) is 5.26 Å². The highest BCUT2D eigenvalue weighted by molar-refractivity contribution is 5.75. The van der Waals surface area contributed by atoms with Crippen LogP contribution in [0.2, 0.25) is 0 Å². The SMILES string of the molecule is N#Cc1ccc(NCC2(C(=O)O)CCCCC2)nc1. The van der Waals surface area contributed by atoms with Crippen molar-refractivity contribution in [2.24, 2.45) is 5.41 Å². The second kappa shape index (κ2) is 5.70. The third kappa shape index (κ3) is 3.02. The molecule has 1 saturated carbocycles. The normalized spacial score (nSPS) is 17.4. The van der Waals surface area contributed by atoms with Gasteiger partial charge in [-0.15, -0.1) is 0 Å². The van der Waals surface area contributed by atoms with E-state index in [0.717, 1.165) is 19.3 Å². The molecule has 0 saturated heterocycles. The monoisotopic (exact) mass is 259 g/mol. The molecule has 0 aromatic carbocycles. The van der Waals surface area contributed by atoms with Crippen molar-refractivity contribution in [1.29, 1.82) is 5.26 Å². The Morgan fingerprint density at radius 3 is 2.68 bits per heavy atom. The van der Waals surface area contributed by atoms with Crippen molar-refractivity contribution in [3.05, 3.63) is 23.9 Å². The Bertz CT molecular complexity index is 484. The Balaban J connectivity index is 2.02. The summed E-state index contributed by atoms with van der Waals surface area (Å²) in [5.74, 6) is -0.112. The van der Waals surface area contributed by atoms with Crippen molar-refractivity contribution in [3.8, 4) is 6.07 Å². The van der Waals surface area contributed by atoms with Gasteiger partial charge in [-0.25, -0.2) is 4.98 Å². The van der Waals surface area contributed by atoms with Crippen LogP contribution in [0.4, 0.5) is 5.82 Å². The highest BCUT2D eigenvalue weighted by Gasteiger charge is 2.39. The maximum Gasteiger partial charge on any atom is 0.311 e. The minimum atomic E-state index is -0.728. The number of carboxylic acid groups (broad SMARTS) is 1. The Morgan fingerprint density at radius 1 is 1.42 bits per heavy atom. The summed E-state index contributed by atoms with van der Waals surface area (Å²) in [6.45, 7) is 0.390. The van der Waals surface area contributed by atoms with Crippen molar-refractivity contribution < 1.29 is 9.90 Å². The zero-order valence-corrected chi connectivity index (χ0v) is 10.7. The van der Waals surface area contributed by atoms with E-state index >= 15 is 0 Å². The lowest BCUT2D eigenvalue weighted by Gasteiger charge is -2.33. The fourth-order valence-electron chi connectivity index (χ4n) is 2.52. The Hall–Kier alpha value is -2.09. The minimum Gasteiger partial charge on any atom is -0.481 e. The number of aromatic nitrogens is 1. The molecule has 0 radical (unpaired) electrons. The number of anilines is 1. The summed E-state index contributed by atoms with van der Waals surface area (Å²) in [7, 11) is 0. The largest absolute Gasteiger partial charge is 0.481 e. The van der Waals surface area contributed by atoms with Gasteiger partial charge in [0.2, 0.25) is 0 Å². The van der Waals surface area contributed by atoms with Crippen LogP contribution >= 0.6 is 0 Å². The van der Waals surface area contributed by atoms with Gasteiger partial charge in [0.05, 0.1) is 11.0 Å². The summed E-state index contributed by atoms with van der Waals surface area (Å²) in [6, 6.07) is 5.38. The van der Waals surface area contributed by atoms with Gasteiger partial charge in [0.1, 0.15) is 11.9 Å². The molecular weight excluding hydrogens is 242 g/mol. The molecule has 1 aromatic heterocycles. The van der Waals surface area contributed by atoms with Crippen LogP contribution in [0.1, 0.15) is 37.7 Å². The second-order valence-electron chi connectivity index (χ2n) is 5.04. The molecule has 1 aliphatic carbocycles. The number of nitrogens with one attached hydrogen (secondary N) is 1. The first-order valence-corrected chi connectivity index (χ1v) is 6.50. The van der Waals surface area contributed by atoms with E-state index in [1.165, 1.54) is 6.20 Å². The predicted molar refractivity (Wildman–Crippen MR) is 70.6 cm³/mol. The molecule has 2 rings (SSSR count). The third-order valence-electron chi connectivity index (χ3n) is 3.76. The molecule has 0 bridgehead atoms. The first kappa shape index (κ1) is 13.3. The Kier molecular flexibility index (Phi) is 4.00. The number of aliphatic carboxylic acids is 1. The zero-order chi connectivity index (χ0) is 13.7. The van der Waals surface area contributed by atoms with E-state index in [1.54, 1.807) is 12.1 Å². The quantitative estimate of drug-likeness (QED) is 0.867. The molecule has 0 atom stereocenters. The molecule has 0 unspecified atom stereocenters. The van der Waals surface area contributed by atoms with Crippen LogP contribution < -0.4 is 5.32 Å². The molecule has 1 aliphatic rings. The molecule has 19 heavy (non-hydrogen) atoms. The van der Waals surface area contributed by atoms with Gasteiger partial charge in [-0.1, -0.05) is 19.3 Å². The number of hydrogen-bond donors (Lipinski definition) is 2. The van der Waals surface area contributed by atoms with Gasteiger partial charge in [-0.2, -0.15) is 5.26 Å². The number of carboxylic acids is 1. The van der Waals surface area contributed by atoms with Crippen LogP contribution in [0.15, 0.2) is 18.3 Å². The van der Waals surface area contributed by atoms with Crippen molar-refractivity contribution in [1.82, 2.24) is 4.98 Å². The minimum absolute atomic E-state index is 0.390. The molecule has 0 aliphatic heterocycles. The molecular formula is C14H17N3O2. The summed E-state index contributed by atoms with van der Waals surface area (Å²) >= 11 is 0. The topological polar surface area (TPSA) is 86.0 Å². The number of hydrogen-bond acceptors (Lipinski definition) is 4. The van der Waals surface area contributed by atoms with Crippen molar-refractivity contribution in [3.63, 3.8) is 0 Å². The fraction of sp³-hybridized carbons (Fsp3) is 0.500. The molecule has 5 nitrogen and oxygen atoms in total. The third-order valence-corrected chi connectivity index (χ3v) is 3.76. The fourth-order valence-corrected chi connectivity index (χ4v) is 2.52. The van der Waals surface area contributed by atoms with Crippen LogP contribution in [0.5, 0.6) is 0 Å². The van der Waals surface area contributed by atoms with Crippen LogP contribution in [0.3, 0.4) is 0 Å². The average molecular weight is 259 g/mol. The van der Waals surface area contributed by atoms with Gasteiger partial charge in [0.15, 0.2) is 0 Å². The molecule has 0 spiro atoms. The molecule has 100 valence electrons. The Morgan fingerprint density at radius 2 is 2.16 bits per heavy atom. The molecule has 5 heteroatoms. The summed E-state index contributed by atoms with van der Waals surface area (Å²) < 4.78 is 0. The average Bonchev–Trinajstić information content (AvgIpc) is 2.46. The molecule has 1 aromatic rings. The lowest BCUT2D eigenvalue weighted by atomic mass is 9.74. The van der Waals surface area contributed by atoms with Crippen LogP contribution in [0.25, 0.3) is 0 Å². The van der Waals surface area contributed by atoms with Crippen LogP contribution in [0, 0.1) is 16.7 Å². The number of nitriles is 1. The standard InChI is InChI=1S/C14H17N3O2/c15-8-11-4-5-12(16-9-11)17-10-14(13(18)19)6-2-1-3-7-14/h4-5,9H,1-3,6-7,10H2,(H,16,17)(H,18,19). The van der Waals surface area contributed by atoms with Crippen molar-refractivity contribution >= 4 is 11.8 Å². The van der Waals surface area contributed by atoms with Crippen LogP contribution in [-0.4, -0.2) is 22.6 Å². The second-order valence-corrected chi connectivity index (χ2v) is 5.04. The maximum atomic E-state index is 11.5. The van der Waals surface area contributed by atoms with Crippen LogP contribution in [-0.2, 0) is 4.79 Å². The number of carbonyl (C=O) groups is 1.